The van der Waals surface area contributed by atoms with Crippen LogP contribution in [0.4, 0.5) is 5.69 Å². The van der Waals surface area contributed by atoms with Crippen molar-refractivity contribution in [3.8, 4) is 11.8 Å². The van der Waals surface area contributed by atoms with E-state index in [-0.39, 0.29) is 30.3 Å². The maximum Gasteiger partial charge on any atom is 0.316 e. The van der Waals surface area contributed by atoms with Crippen LogP contribution in [0.25, 0.3) is 0 Å². The highest BCUT2D eigenvalue weighted by Crippen LogP contribution is 2.29. The SMILES string of the molecule is COc1ccc(N2CC(C(=O)N3CCCC(Oc4ncc(Br)cn4)C3)CC2=O)cc1. The minimum Gasteiger partial charge on any atom is -0.497 e. The predicted octanol–water partition coefficient (Wildman–Crippen LogP) is 2.67. The highest BCUT2D eigenvalue weighted by Gasteiger charge is 2.38. The molecule has 158 valence electrons. The number of nitrogens with zero attached hydrogens (tertiary/aromatic N) is 4. The van der Waals surface area contributed by atoms with E-state index in [9.17, 15) is 9.59 Å². The first-order valence-corrected chi connectivity index (χ1v) is 10.7. The van der Waals surface area contributed by atoms with Crippen LogP contribution in [0.15, 0.2) is 41.1 Å². The molecular weight excluding hydrogens is 452 g/mol. The van der Waals surface area contributed by atoms with Crippen LogP contribution in [0.2, 0.25) is 0 Å². The number of likely N-dealkylation sites (tertiary alicyclic amines) is 1. The Morgan fingerprint density at radius 3 is 2.60 bits per heavy atom. The van der Waals surface area contributed by atoms with Gasteiger partial charge in [-0.15, -0.1) is 0 Å². The molecule has 0 N–H and O–H groups in total. The number of carbonyl (C=O) groups excluding carboxylic acids is 2. The molecule has 30 heavy (non-hydrogen) atoms. The molecule has 0 spiro atoms. The molecule has 3 heterocycles. The molecule has 2 fully saturated rings. The Labute approximate surface area is 183 Å². The molecule has 8 nitrogen and oxygen atoms in total. The lowest BCUT2D eigenvalue weighted by atomic mass is 10.0. The number of hydrogen-bond acceptors (Lipinski definition) is 6. The van der Waals surface area contributed by atoms with Crippen molar-refractivity contribution < 1.29 is 19.1 Å². The van der Waals surface area contributed by atoms with Gasteiger partial charge in [0.25, 0.3) is 0 Å². The summed E-state index contributed by atoms with van der Waals surface area (Å²) in [6.07, 6.45) is 5.01. The van der Waals surface area contributed by atoms with Gasteiger partial charge in [-0.1, -0.05) is 0 Å². The van der Waals surface area contributed by atoms with Crippen molar-refractivity contribution in [2.75, 3.05) is 31.6 Å². The summed E-state index contributed by atoms with van der Waals surface area (Å²) < 4.78 is 11.8. The van der Waals surface area contributed by atoms with E-state index in [1.165, 1.54) is 0 Å². The van der Waals surface area contributed by atoms with E-state index < -0.39 is 0 Å². The molecule has 0 saturated carbocycles. The predicted molar refractivity (Wildman–Crippen MR) is 113 cm³/mol. The first-order chi connectivity index (χ1) is 14.5. The second-order valence-electron chi connectivity index (χ2n) is 7.45. The number of ether oxygens (including phenoxy) is 2. The van der Waals surface area contributed by atoms with Gasteiger partial charge in [0.15, 0.2) is 0 Å². The van der Waals surface area contributed by atoms with Crippen molar-refractivity contribution >= 4 is 33.4 Å². The maximum absolute atomic E-state index is 13.1. The Balaban J connectivity index is 1.37. The van der Waals surface area contributed by atoms with Crippen molar-refractivity contribution in [1.82, 2.24) is 14.9 Å². The topological polar surface area (TPSA) is 84.9 Å². The highest BCUT2D eigenvalue weighted by atomic mass is 79.9. The van der Waals surface area contributed by atoms with Gasteiger partial charge in [-0.3, -0.25) is 9.59 Å². The zero-order valence-electron chi connectivity index (χ0n) is 16.7. The van der Waals surface area contributed by atoms with Crippen LogP contribution in [0.3, 0.4) is 0 Å². The van der Waals surface area contributed by atoms with Crippen molar-refractivity contribution in [3.05, 3.63) is 41.1 Å². The number of halogens is 1. The molecule has 0 aliphatic carbocycles. The summed E-state index contributed by atoms with van der Waals surface area (Å²) in [4.78, 5) is 37.4. The number of aromatic nitrogens is 2. The maximum atomic E-state index is 13.1. The van der Waals surface area contributed by atoms with Gasteiger partial charge in [0.05, 0.1) is 24.0 Å². The Hall–Kier alpha value is -2.68. The summed E-state index contributed by atoms with van der Waals surface area (Å²) in [5.74, 6) is 0.352. The van der Waals surface area contributed by atoms with Crippen LogP contribution >= 0.6 is 15.9 Å². The van der Waals surface area contributed by atoms with Crippen LogP contribution in [0.5, 0.6) is 11.8 Å². The lowest BCUT2D eigenvalue weighted by Gasteiger charge is -2.33. The van der Waals surface area contributed by atoms with Gasteiger partial charge in [-0.2, -0.15) is 0 Å². The lowest BCUT2D eigenvalue weighted by molar-refractivity contribution is -0.138. The van der Waals surface area contributed by atoms with E-state index >= 15 is 0 Å². The van der Waals surface area contributed by atoms with Crippen molar-refractivity contribution in [3.63, 3.8) is 0 Å². The number of carbonyl (C=O) groups is 2. The number of piperidine rings is 1. The molecule has 2 amide bonds. The molecule has 2 aliphatic heterocycles. The second-order valence-corrected chi connectivity index (χ2v) is 8.37. The number of benzene rings is 1. The monoisotopic (exact) mass is 474 g/mol. The largest absolute Gasteiger partial charge is 0.497 e. The molecule has 1 aromatic carbocycles. The zero-order valence-corrected chi connectivity index (χ0v) is 18.2. The van der Waals surface area contributed by atoms with Crippen LogP contribution in [-0.4, -0.2) is 59.5 Å². The van der Waals surface area contributed by atoms with Gasteiger partial charge >= 0.3 is 6.01 Å². The fourth-order valence-corrected chi connectivity index (χ4v) is 4.09. The summed E-state index contributed by atoms with van der Waals surface area (Å²) in [6.45, 7) is 1.54. The van der Waals surface area contributed by atoms with Crippen molar-refractivity contribution in [1.29, 1.82) is 0 Å². The quantitative estimate of drug-likeness (QED) is 0.662. The van der Waals surface area contributed by atoms with E-state index in [2.05, 4.69) is 25.9 Å². The molecule has 9 heteroatoms. The molecule has 2 aromatic rings. The van der Waals surface area contributed by atoms with E-state index in [4.69, 9.17) is 9.47 Å². The third kappa shape index (κ3) is 4.56. The average Bonchev–Trinajstić information content (AvgIpc) is 3.16. The lowest BCUT2D eigenvalue weighted by Crippen LogP contribution is -2.47. The summed E-state index contributed by atoms with van der Waals surface area (Å²) in [7, 11) is 1.60. The molecule has 2 atom stereocenters. The van der Waals surface area contributed by atoms with Gasteiger partial charge in [-0.05, 0) is 53.0 Å². The Morgan fingerprint density at radius 1 is 1.17 bits per heavy atom. The molecule has 2 aliphatic rings. The molecule has 0 radical (unpaired) electrons. The summed E-state index contributed by atoms with van der Waals surface area (Å²) in [6, 6.07) is 7.61. The van der Waals surface area contributed by atoms with Gasteiger partial charge in [-0.25, -0.2) is 9.97 Å². The zero-order chi connectivity index (χ0) is 21.1. The molecule has 2 unspecified atom stereocenters. The number of hydrogen-bond donors (Lipinski definition) is 0. The average molecular weight is 475 g/mol. The number of anilines is 1. The van der Waals surface area contributed by atoms with Crippen LogP contribution < -0.4 is 14.4 Å². The van der Waals surface area contributed by atoms with E-state index in [1.807, 2.05) is 29.2 Å². The summed E-state index contributed by atoms with van der Waals surface area (Å²) in [5.41, 5.74) is 0.781. The Bertz CT molecular complexity index is 906. The van der Waals surface area contributed by atoms with Crippen LogP contribution in [-0.2, 0) is 9.59 Å². The first kappa shape index (κ1) is 20.6. The minimum absolute atomic E-state index is 0.00406. The second kappa shape index (κ2) is 8.99. The Kier molecular flexibility index (Phi) is 6.17. The first-order valence-electron chi connectivity index (χ1n) is 9.91. The number of methoxy groups -OCH3 is 1. The molecular formula is C21H23BrN4O4. The smallest absolute Gasteiger partial charge is 0.316 e. The third-order valence-electron chi connectivity index (χ3n) is 5.42. The van der Waals surface area contributed by atoms with E-state index in [1.54, 1.807) is 24.4 Å². The molecule has 1 aromatic heterocycles. The summed E-state index contributed by atoms with van der Waals surface area (Å²) in [5, 5.41) is 0. The van der Waals surface area contributed by atoms with E-state index in [0.29, 0.717) is 25.6 Å². The van der Waals surface area contributed by atoms with Crippen LogP contribution in [0, 0.1) is 5.92 Å². The fraction of sp³-hybridized carbons (Fsp3) is 0.429. The van der Waals surface area contributed by atoms with Crippen LogP contribution in [0.1, 0.15) is 19.3 Å². The highest BCUT2D eigenvalue weighted by molar-refractivity contribution is 9.10. The summed E-state index contributed by atoms with van der Waals surface area (Å²) >= 11 is 3.30. The van der Waals surface area contributed by atoms with Crippen molar-refractivity contribution in [2.24, 2.45) is 5.92 Å². The van der Waals surface area contributed by atoms with E-state index in [0.717, 1.165) is 28.8 Å². The van der Waals surface area contributed by atoms with Gasteiger partial charge in [0.2, 0.25) is 11.8 Å². The molecule has 4 rings (SSSR count). The third-order valence-corrected chi connectivity index (χ3v) is 5.83. The van der Waals surface area contributed by atoms with Gasteiger partial charge in [0.1, 0.15) is 11.9 Å². The fourth-order valence-electron chi connectivity index (χ4n) is 3.89. The molecule has 0 bridgehead atoms. The number of rotatable bonds is 5. The van der Waals surface area contributed by atoms with Gasteiger partial charge < -0.3 is 19.3 Å². The molecule has 2 saturated heterocycles. The van der Waals surface area contributed by atoms with Gasteiger partial charge in [0, 0.05) is 37.6 Å². The Morgan fingerprint density at radius 2 is 1.90 bits per heavy atom. The van der Waals surface area contributed by atoms with Crippen molar-refractivity contribution in [2.45, 2.75) is 25.4 Å². The number of amides is 2. The standard InChI is InChI=1S/C21H23BrN4O4/c1-29-17-6-4-16(5-7-17)26-12-14(9-19(26)27)20(28)25-8-2-3-18(13-25)30-21-23-10-15(22)11-24-21/h4-7,10-11,14,18H,2-3,8-9,12-13H2,1H3. The normalized spacial score (nSPS) is 21.6. The minimum atomic E-state index is -0.345.